The molecular formula is C28H26N2O3. The van der Waals surface area contributed by atoms with Crippen molar-refractivity contribution in [2.24, 2.45) is 0 Å². The molecule has 2 atom stereocenters. The minimum atomic E-state index is -0.534. The highest BCUT2D eigenvalue weighted by Gasteiger charge is 2.40. The van der Waals surface area contributed by atoms with Gasteiger partial charge in [0.2, 0.25) is 5.91 Å². The van der Waals surface area contributed by atoms with Crippen LogP contribution < -0.4 is 15.0 Å². The molecule has 2 aliphatic rings. The topological polar surface area (TPSA) is 58.6 Å². The number of anilines is 2. The maximum absolute atomic E-state index is 13.8. The average Bonchev–Trinajstić information content (AvgIpc) is 2.99. The first-order chi connectivity index (χ1) is 16.1. The van der Waals surface area contributed by atoms with Gasteiger partial charge in [0.1, 0.15) is 5.75 Å². The van der Waals surface area contributed by atoms with E-state index in [9.17, 15) is 9.59 Å². The Labute approximate surface area is 193 Å². The zero-order valence-electron chi connectivity index (χ0n) is 18.7. The second kappa shape index (κ2) is 8.58. The van der Waals surface area contributed by atoms with Gasteiger partial charge in [-0.2, -0.15) is 0 Å². The molecule has 1 N–H and O–H groups in total. The van der Waals surface area contributed by atoms with Gasteiger partial charge in [0.05, 0.1) is 24.5 Å². The monoisotopic (exact) mass is 438 g/mol. The summed E-state index contributed by atoms with van der Waals surface area (Å²) in [6.07, 6.45) is 1.11. The molecule has 0 saturated heterocycles. The van der Waals surface area contributed by atoms with Crippen LogP contribution in [0.5, 0.6) is 5.75 Å². The maximum Gasteiger partial charge on any atom is 0.224 e. The number of hydrogen-bond acceptors (Lipinski definition) is 4. The Morgan fingerprint density at radius 1 is 0.939 bits per heavy atom. The van der Waals surface area contributed by atoms with Crippen molar-refractivity contribution in [2.75, 3.05) is 17.3 Å². The molecule has 33 heavy (non-hydrogen) atoms. The summed E-state index contributed by atoms with van der Waals surface area (Å²) in [7, 11) is 1.62. The number of carbonyl (C=O) groups is 2. The third-order valence-electron chi connectivity index (χ3n) is 6.51. The molecule has 0 saturated carbocycles. The summed E-state index contributed by atoms with van der Waals surface area (Å²) >= 11 is 0. The van der Waals surface area contributed by atoms with E-state index in [1.807, 2.05) is 66.7 Å². The molecule has 0 radical (unpaired) electrons. The summed E-state index contributed by atoms with van der Waals surface area (Å²) in [6.45, 7) is 1.55. The van der Waals surface area contributed by atoms with Crippen LogP contribution >= 0.6 is 0 Å². The average molecular weight is 439 g/mol. The molecule has 1 aliphatic heterocycles. The fourth-order valence-corrected chi connectivity index (χ4v) is 5.03. The number of rotatable bonds is 3. The number of benzene rings is 3. The summed E-state index contributed by atoms with van der Waals surface area (Å²) in [5.74, 6) is 0.717. The van der Waals surface area contributed by atoms with Crippen molar-refractivity contribution in [1.29, 1.82) is 0 Å². The van der Waals surface area contributed by atoms with Gasteiger partial charge in [0.25, 0.3) is 0 Å². The lowest BCUT2D eigenvalue weighted by Gasteiger charge is -2.34. The van der Waals surface area contributed by atoms with E-state index in [0.717, 1.165) is 28.2 Å². The Hall–Kier alpha value is -3.86. The van der Waals surface area contributed by atoms with Gasteiger partial charge in [-0.25, -0.2) is 0 Å². The van der Waals surface area contributed by atoms with Gasteiger partial charge in [0.15, 0.2) is 5.78 Å². The lowest BCUT2D eigenvalue weighted by molar-refractivity contribution is -0.117. The number of ketones is 1. The summed E-state index contributed by atoms with van der Waals surface area (Å²) in [6, 6.07) is 25.0. The van der Waals surface area contributed by atoms with Crippen molar-refractivity contribution in [2.45, 2.75) is 31.7 Å². The zero-order valence-corrected chi connectivity index (χ0v) is 18.7. The summed E-state index contributed by atoms with van der Waals surface area (Å²) in [5.41, 5.74) is 5.12. The highest BCUT2D eigenvalue weighted by Crippen LogP contribution is 2.47. The lowest BCUT2D eigenvalue weighted by Crippen LogP contribution is -2.37. The maximum atomic E-state index is 13.8. The van der Waals surface area contributed by atoms with Crippen molar-refractivity contribution in [1.82, 2.24) is 0 Å². The Kier molecular flexibility index (Phi) is 5.47. The number of nitrogens with zero attached hydrogens (tertiary/aromatic N) is 1. The van der Waals surface area contributed by atoms with Crippen LogP contribution in [0.1, 0.15) is 42.9 Å². The van der Waals surface area contributed by atoms with E-state index in [-0.39, 0.29) is 17.6 Å². The fourth-order valence-electron chi connectivity index (χ4n) is 5.03. The largest absolute Gasteiger partial charge is 0.497 e. The SMILES string of the molecule is COc1cccc([C@@H]2C3=C(C[C@H](c4ccccc4)CC3=O)Nc3ccccc3N2C(C)=O)c1. The van der Waals surface area contributed by atoms with Crippen LogP contribution in [0, 0.1) is 0 Å². The van der Waals surface area contributed by atoms with Crippen molar-refractivity contribution in [3.8, 4) is 5.75 Å². The molecule has 0 bridgehead atoms. The van der Waals surface area contributed by atoms with Crippen LogP contribution in [-0.4, -0.2) is 18.8 Å². The summed E-state index contributed by atoms with van der Waals surface area (Å²) < 4.78 is 5.46. The number of nitrogens with one attached hydrogen (secondary N) is 1. The molecule has 166 valence electrons. The number of Topliss-reactive ketones (excluding diaryl/α,β-unsaturated/α-hetero) is 1. The number of fused-ring (bicyclic) bond motifs is 1. The van der Waals surface area contributed by atoms with Crippen molar-refractivity contribution < 1.29 is 14.3 Å². The number of carbonyl (C=O) groups excluding carboxylic acids is 2. The molecule has 5 rings (SSSR count). The van der Waals surface area contributed by atoms with Crippen LogP contribution in [0.3, 0.4) is 0 Å². The van der Waals surface area contributed by atoms with Crippen LogP contribution in [0.25, 0.3) is 0 Å². The van der Waals surface area contributed by atoms with Gasteiger partial charge in [-0.1, -0.05) is 54.6 Å². The minimum Gasteiger partial charge on any atom is -0.497 e. The van der Waals surface area contributed by atoms with E-state index < -0.39 is 6.04 Å². The van der Waals surface area contributed by atoms with E-state index >= 15 is 0 Å². The number of allylic oxidation sites excluding steroid dienone is 1. The van der Waals surface area contributed by atoms with E-state index in [1.54, 1.807) is 18.9 Å². The van der Waals surface area contributed by atoms with E-state index in [4.69, 9.17) is 4.74 Å². The quantitative estimate of drug-likeness (QED) is 0.577. The predicted octanol–water partition coefficient (Wildman–Crippen LogP) is 5.62. The molecule has 1 heterocycles. The fraction of sp³-hybridized carbons (Fsp3) is 0.214. The molecule has 0 fully saturated rings. The van der Waals surface area contributed by atoms with Crippen LogP contribution in [0.2, 0.25) is 0 Å². The van der Waals surface area contributed by atoms with E-state index in [1.165, 1.54) is 0 Å². The highest BCUT2D eigenvalue weighted by molar-refractivity contribution is 6.06. The third kappa shape index (κ3) is 3.80. The van der Waals surface area contributed by atoms with Gasteiger partial charge < -0.3 is 10.1 Å². The highest BCUT2D eigenvalue weighted by atomic mass is 16.5. The van der Waals surface area contributed by atoms with E-state index in [2.05, 4.69) is 17.4 Å². The first kappa shape index (κ1) is 21.0. The summed E-state index contributed by atoms with van der Waals surface area (Å²) in [5, 5.41) is 3.54. The van der Waals surface area contributed by atoms with Crippen LogP contribution in [0.4, 0.5) is 11.4 Å². The number of hydrogen-bond donors (Lipinski definition) is 1. The van der Waals surface area contributed by atoms with Gasteiger partial charge in [-0.15, -0.1) is 0 Å². The van der Waals surface area contributed by atoms with Gasteiger partial charge in [-0.05, 0) is 47.7 Å². The minimum absolute atomic E-state index is 0.0597. The molecule has 0 aromatic heterocycles. The van der Waals surface area contributed by atoms with E-state index in [0.29, 0.717) is 24.2 Å². The molecule has 5 heteroatoms. The smallest absolute Gasteiger partial charge is 0.224 e. The molecular weight excluding hydrogens is 412 g/mol. The molecule has 3 aromatic carbocycles. The standard InChI is InChI=1S/C28H26N2O3/c1-18(31)30-25-14-7-6-13-23(25)29-24-16-21(19-9-4-3-5-10-19)17-26(32)27(24)28(30)20-11-8-12-22(15-20)33-2/h3-15,21,28-29H,16-17H2,1-2H3/t21-,28+/m0/s1. The zero-order chi connectivity index (χ0) is 22.9. The van der Waals surface area contributed by atoms with Gasteiger partial charge >= 0.3 is 0 Å². The Bertz CT molecular complexity index is 1250. The second-order valence-corrected chi connectivity index (χ2v) is 8.54. The van der Waals surface area contributed by atoms with Crippen molar-refractivity contribution >= 4 is 23.1 Å². The predicted molar refractivity (Wildman–Crippen MR) is 129 cm³/mol. The molecule has 0 unspecified atom stereocenters. The molecule has 1 aliphatic carbocycles. The lowest BCUT2D eigenvalue weighted by atomic mass is 9.78. The first-order valence-corrected chi connectivity index (χ1v) is 11.2. The number of ether oxygens (including phenoxy) is 1. The molecule has 0 spiro atoms. The third-order valence-corrected chi connectivity index (χ3v) is 6.51. The molecule has 5 nitrogen and oxygen atoms in total. The van der Waals surface area contributed by atoms with Crippen LogP contribution in [0.15, 0.2) is 90.1 Å². The van der Waals surface area contributed by atoms with Crippen molar-refractivity contribution in [3.05, 3.63) is 101 Å². The summed E-state index contributed by atoms with van der Waals surface area (Å²) in [4.78, 5) is 28.5. The molecule has 1 amide bonds. The normalized spacial score (nSPS) is 19.8. The Morgan fingerprint density at radius 2 is 1.67 bits per heavy atom. The van der Waals surface area contributed by atoms with Gasteiger partial charge in [-0.3, -0.25) is 14.5 Å². The van der Waals surface area contributed by atoms with Crippen LogP contribution in [-0.2, 0) is 9.59 Å². The Morgan fingerprint density at radius 3 is 2.42 bits per heavy atom. The first-order valence-electron chi connectivity index (χ1n) is 11.2. The Balaban J connectivity index is 1.71. The second-order valence-electron chi connectivity index (χ2n) is 8.54. The number of amides is 1. The van der Waals surface area contributed by atoms with Crippen molar-refractivity contribution in [3.63, 3.8) is 0 Å². The van der Waals surface area contributed by atoms with Gasteiger partial charge in [0, 0.05) is 24.6 Å². The number of para-hydroxylation sites is 2. The number of methoxy groups -OCH3 is 1. The molecule has 3 aromatic rings.